The fourth-order valence-corrected chi connectivity index (χ4v) is 2.72. The number of aromatic nitrogens is 1. The molecule has 0 saturated carbocycles. The van der Waals surface area contributed by atoms with Crippen LogP contribution in [0.3, 0.4) is 0 Å². The minimum Gasteiger partial charge on any atom is -0.350 e. The predicted octanol–water partition coefficient (Wildman–Crippen LogP) is 4.27. The molecular weight excluding hydrogens is 374 g/mol. The predicted molar refractivity (Wildman–Crippen MR) is 111 cm³/mol. The number of amides is 2. The lowest BCUT2D eigenvalue weighted by atomic mass is 10.1. The summed E-state index contributed by atoms with van der Waals surface area (Å²) in [7, 11) is 0. The summed E-state index contributed by atoms with van der Waals surface area (Å²) in [6, 6.07) is 18.0. The number of pyridine rings is 1. The van der Waals surface area contributed by atoms with Gasteiger partial charge in [-0.3, -0.25) is 14.6 Å². The van der Waals surface area contributed by atoms with Crippen molar-refractivity contribution in [3.63, 3.8) is 0 Å². The van der Waals surface area contributed by atoms with Gasteiger partial charge in [0.15, 0.2) is 0 Å². The Morgan fingerprint density at radius 1 is 0.964 bits per heavy atom. The van der Waals surface area contributed by atoms with Gasteiger partial charge in [-0.2, -0.15) is 0 Å². The van der Waals surface area contributed by atoms with Gasteiger partial charge in [-0.05, 0) is 55.3 Å². The third-order valence-electron chi connectivity index (χ3n) is 4.18. The maximum absolute atomic E-state index is 12.4. The van der Waals surface area contributed by atoms with Gasteiger partial charge in [0, 0.05) is 29.0 Å². The molecule has 0 saturated heterocycles. The summed E-state index contributed by atoms with van der Waals surface area (Å²) in [6.45, 7) is 2.44. The SMILES string of the molecule is Cc1ccc(NC(=O)c2ccnc(C(=O)NCCc3ccc(Cl)cc3)c2)cc1. The van der Waals surface area contributed by atoms with Crippen molar-refractivity contribution < 1.29 is 9.59 Å². The van der Waals surface area contributed by atoms with E-state index in [1.54, 1.807) is 6.07 Å². The molecule has 0 unspecified atom stereocenters. The number of hydrogen-bond donors (Lipinski definition) is 2. The number of benzene rings is 2. The fourth-order valence-electron chi connectivity index (χ4n) is 2.60. The third-order valence-corrected chi connectivity index (χ3v) is 4.43. The molecule has 1 heterocycles. The number of hydrogen-bond acceptors (Lipinski definition) is 3. The van der Waals surface area contributed by atoms with Crippen LogP contribution < -0.4 is 10.6 Å². The second kappa shape index (κ2) is 9.15. The number of carbonyl (C=O) groups excluding carboxylic acids is 2. The van der Waals surface area contributed by atoms with Crippen LogP contribution in [0.2, 0.25) is 5.02 Å². The molecule has 2 N–H and O–H groups in total. The lowest BCUT2D eigenvalue weighted by Gasteiger charge is -2.08. The first-order valence-corrected chi connectivity index (χ1v) is 9.26. The van der Waals surface area contributed by atoms with Crippen molar-refractivity contribution in [2.75, 3.05) is 11.9 Å². The summed E-state index contributed by atoms with van der Waals surface area (Å²) in [5.74, 6) is -0.611. The molecule has 0 aliphatic heterocycles. The van der Waals surface area contributed by atoms with Crippen LogP contribution in [0.1, 0.15) is 32.0 Å². The average Bonchev–Trinajstić information content (AvgIpc) is 2.71. The van der Waals surface area contributed by atoms with Crippen molar-refractivity contribution in [1.29, 1.82) is 0 Å². The van der Waals surface area contributed by atoms with E-state index in [1.165, 1.54) is 12.3 Å². The summed E-state index contributed by atoms with van der Waals surface area (Å²) in [4.78, 5) is 28.8. The highest BCUT2D eigenvalue weighted by Gasteiger charge is 2.12. The van der Waals surface area contributed by atoms with E-state index in [0.29, 0.717) is 29.2 Å². The van der Waals surface area contributed by atoms with Crippen molar-refractivity contribution in [3.05, 3.63) is 94.3 Å². The van der Waals surface area contributed by atoms with E-state index in [2.05, 4.69) is 15.6 Å². The number of halogens is 1. The molecule has 0 fully saturated rings. The van der Waals surface area contributed by atoms with E-state index in [0.717, 1.165) is 11.1 Å². The van der Waals surface area contributed by atoms with Crippen LogP contribution >= 0.6 is 11.6 Å². The highest BCUT2D eigenvalue weighted by Crippen LogP contribution is 2.12. The maximum atomic E-state index is 12.4. The Labute approximate surface area is 168 Å². The van der Waals surface area contributed by atoms with Crippen molar-refractivity contribution in [2.24, 2.45) is 0 Å². The number of rotatable bonds is 6. The van der Waals surface area contributed by atoms with Crippen LogP contribution in [0.4, 0.5) is 5.69 Å². The van der Waals surface area contributed by atoms with Crippen molar-refractivity contribution in [2.45, 2.75) is 13.3 Å². The highest BCUT2D eigenvalue weighted by atomic mass is 35.5. The molecule has 0 atom stereocenters. The number of nitrogens with one attached hydrogen (secondary N) is 2. The third kappa shape index (κ3) is 5.41. The Hall–Kier alpha value is -3.18. The monoisotopic (exact) mass is 393 g/mol. The molecule has 2 amide bonds. The van der Waals surface area contributed by atoms with Gasteiger partial charge in [0.1, 0.15) is 5.69 Å². The molecule has 28 heavy (non-hydrogen) atoms. The van der Waals surface area contributed by atoms with Crippen molar-refractivity contribution >= 4 is 29.1 Å². The standard InChI is InChI=1S/C22H20ClN3O2/c1-15-2-8-19(9-3-15)26-21(27)17-11-13-24-20(14-17)22(28)25-12-10-16-4-6-18(23)7-5-16/h2-9,11,13-14H,10,12H2,1H3,(H,25,28)(H,26,27). The zero-order valence-corrected chi connectivity index (χ0v) is 16.2. The minimum absolute atomic E-state index is 0.202. The van der Waals surface area contributed by atoms with E-state index in [4.69, 9.17) is 11.6 Å². The molecule has 142 valence electrons. The second-order valence-electron chi connectivity index (χ2n) is 6.38. The van der Waals surface area contributed by atoms with Gasteiger partial charge >= 0.3 is 0 Å². The summed E-state index contributed by atoms with van der Waals surface area (Å²) >= 11 is 5.86. The Bertz CT molecular complexity index is 970. The van der Waals surface area contributed by atoms with Gasteiger partial charge in [0.25, 0.3) is 11.8 Å². The molecule has 3 aromatic rings. The van der Waals surface area contributed by atoms with Crippen molar-refractivity contribution in [3.8, 4) is 0 Å². The van der Waals surface area contributed by atoms with E-state index in [9.17, 15) is 9.59 Å². The number of nitrogens with zero attached hydrogens (tertiary/aromatic N) is 1. The molecule has 0 spiro atoms. The van der Waals surface area contributed by atoms with Gasteiger partial charge in [-0.15, -0.1) is 0 Å². The first kappa shape index (κ1) is 19.6. The fraction of sp³-hybridized carbons (Fsp3) is 0.136. The topological polar surface area (TPSA) is 71.1 Å². The summed E-state index contributed by atoms with van der Waals surface area (Å²) < 4.78 is 0. The normalized spacial score (nSPS) is 10.4. The molecule has 0 aliphatic carbocycles. The summed E-state index contributed by atoms with van der Waals surface area (Å²) in [5.41, 5.74) is 3.45. The molecule has 2 aromatic carbocycles. The summed E-state index contributed by atoms with van der Waals surface area (Å²) in [5, 5.41) is 6.31. The minimum atomic E-state index is -0.320. The van der Waals surface area contributed by atoms with Crippen LogP contribution in [-0.4, -0.2) is 23.3 Å². The van der Waals surface area contributed by atoms with Gasteiger partial charge in [0.2, 0.25) is 0 Å². The second-order valence-corrected chi connectivity index (χ2v) is 6.82. The smallest absolute Gasteiger partial charge is 0.269 e. The lowest BCUT2D eigenvalue weighted by Crippen LogP contribution is -2.27. The number of carbonyl (C=O) groups is 2. The van der Waals surface area contributed by atoms with Gasteiger partial charge in [0.05, 0.1) is 0 Å². The number of anilines is 1. The Kier molecular flexibility index (Phi) is 6.40. The highest BCUT2D eigenvalue weighted by molar-refractivity contribution is 6.30. The van der Waals surface area contributed by atoms with E-state index < -0.39 is 0 Å². The number of aryl methyl sites for hydroxylation is 1. The van der Waals surface area contributed by atoms with Crippen LogP contribution in [0.5, 0.6) is 0 Å². The van der Waals surface area contributed by atoms with Crippen LogP contribution in [0, 0.1) is 6.92 Å². The largest absolute Gasteiger partial charge is 0.350 e. The molecule has 3 rings (SSSR count). The molecule has 0 bridgehead atoms. The first-order chi connectivity index (χ1) is 13.5. The van der Waals surface area contributed by atoms with E-state index in [-0.39, 0.29) is 17.5 Å². The lowest BCUT2D eigenvalue weighted by molar-refractivity contribution is 0.0949. The van der Waals surface area contributed by atoms with E-state index in [1.807, 2.05) is 55.5 Å². The first-order valence-electron chi connectivity index (χ1n) is 8.88. The zero-order valence-electron chi connectivity index (χ0n) is 15.4. The van der Waals surface area contributed by atoms with Crippen LogP contribution in [0.15, 0.2) is 66.9 Å². The van der Waals surface area contributed by atoms with Gasteiger partial charge < -0.3 is 10.6 Å². The molecule has 1 aromatic heterocycles. The van der Waals surface area contributed by atoms with Gasteiger partial charge in [-0.1, -0.05) is 41.4 Å². The average molecular weight is 394 g/mol. The quantitative estimate of drug-likeness (QED) is 0.657. The van der Waals surface area contributed by atoms with Gasteiger partial charge in [-0.25, -0.2) is 0 Å². The molecule has 6 heteroatoms. The maximum Gasteiger partial charge on any atom is 0.269 e. The molecule has 5 nitrogen and oxygen atoms in total. The molecular formula is C22H20ClN3O2. The Morgan fingerprint density at radius 2 is 1.68 bits per heavy atom. The molecule has 0 aliphatic rings. The van der Waals surface area contributed by atoms with E-state index >= 15 is 0 Å². The van der Waals surface area contributed by atoms with Crippen LogP contribution in [-0.2, 0) is 6.42 Å². The zero-order chi connectivity index (χ0) is 19.9. The van der Waals surface area contributed by atoms with Crippen molar-refractivity contribution in [1.82, 2.24) is 10.3 Å². The van der Waals surface area contributed by atoms with Crippen LogP contribution in [0.25, 0.3) is 0 Å². The Balaban J connectivity index is 1.58. The Morgan fingerprint density at radius 3 is 2.39 bits per heavy atom. The molecule has 0 radical (unpaired) electrons. The summed E-state index contributed by atoms with van der Waals surface area (Å²) in [6.07, 6.45) is 2.13.